The number of rotatable bonds is 14. The van der Waals surface area contributed by atoms with Crippen LogP contribution in [-0.2, 0) is 20.7 Å². The summed E-state index contributed by atoms with van der Waals surface area (Å²) in [4.78, 5) is 40.3. The van der Waals surface area contributed by atoms with E-state index in [-0.39, 0.29) is 50.0 Å². The number of fused-ring (bicyclic) bond motifs is 3. The Balaban J connectivity index is 1.77. The number of carbonyl (C=O) groups excluding carboxylic acids is 3. The fourth-order valence-electron chi connectivity index (χ4n) is 5.65. The van der Waals surface area contributed by atoms with Crippen LogP contribution < -0.4 is 24.3 Å². The van der Waals surface area contributed by atoms with Crippen molar-refractivity contribution < 1.29 is 48.3 Å². The number of amides is 2. The van der Waals surface area contributed by atoms with Crippen LogP contribution in [0.3, 0.4) is 0 Å². The minimum Gasteiger partial charge on any atom is -0.497 e. The number of hydrogen-bond donors (Lipinski definition) is 3. The predicted octanol–water partition coefficient (Wildman–Crippen LogP) is 1.26. The number of aliphatic hydroxyl groups is 2. The Morgan fingerprint density at radius 3 is 2.49 bits per heavy atom. The molecule has 0 spiro atoms. The van der Waals surface area contributed by atoms with Crippen LogP contribution in [0.25, 0.3) is 0 Å². The highest BCUT2D eigenvalue weighted by Gasteiger charge is 2.51. The van der Waals surface area contributed by atoms with Gasteiger partial charge in [0.05, 0.1) is 52.9 Å². The first-order valence-electron chi connectivity index (χ1n) is 13.9. The van der Waals surface area contributed by atoms with Gasteiger partial charge in [0.1, 0.15) is 30.0 Å². The quantitative estimate of drug-likeness (QED) is 0.271. The lowest BCUT2D eigenvalue weighted by atomic mass is 9.77. The molecule has 2 aromatic rings. The molecule has 4 atom stereocenters. The smallest absolute Gasteiger partial charge is 0.247 e. The van der Waals surface area contributed by atoms with Gasteiger partial charge in [0.2, 0.25) is 11.8 Å². The van der Waals surface area contributed by atoms with Crippen molar-refractivity contribution in [3.05, 3.63) is 58.7 Å². The van der Waals surface area contributed by atoms with Gasteiger partial charge in [-0.05, 0) is 48.4 Å². The number of ether oxygens (including phenoxy) is 5. The zero-order valence-electron chi connectivity index (χ0n) is 24.7. The molecule has 12 heteroatoms. The van der Waals surface area contributed by atoms with Crippen LogP contribution in [0, 0.1) is 0 Å². The number of nitrogens with one attached hydrogen (secondary N) is 1. The molecule has 4 unspecified atom stereocenters. The number of carbonyl (C=O) groups is 3. The first-order chi connectivity index (χ1) is 20.8. The summed E-state index contributed by atoms with van der Waals surface area (Å²) >= 11 is 0. The summed E-state index contributed by atoms with van der Waals surface area (Å²) in [5.41, 5.74) is 1.85. The largest absolute Gasteiger partial charge is 0.497 e. The van der Waals surface area contributed by atoms with E-state index >= 15 is 0 Å². The van der Waals surface area contributed by atoms with E-state index in [4.69, 9.17) is 23.7 Å². The normalized spacial score (nSPS) is 20.2. The molecule has 1 aliphatic heterocycles. The number of hydrogen-bond acceptors (Lipinski definition) is 10. The van der Waals surface area contributed by atoms with Crippen molar-refractivity contribution in [2.45, 2.75) is 37.0 Å². The SMILES string of the molecule is COCCC(=O)N(CCc1cc(OC)ccc1OC)C1C=C(C(=O)NCCO)C2c3cc(C=O)cc(OC)c3OC2C1O. The molecule has 232 valence electrons. The highest BCUT2D eigenvalue weighted by molar-refractivity contribution is 5.96. The Kier molecular flexibility index (Phi) is 10.6. The third-order valence-corrected chi connectivity index (χ3v) is 7.72. The maximum atomic E-state index is 13.6. The molecule has 0 bridgehead atoms. The Hall–Kier alpha value is -4.13. The summed E-state index contributed by atoms with van der Waals surface area (Å²) in [6.45, 7) is 0.0460. The molecule has 0 radical (unpaired) electrons. The fraction of sp³-hybridized carbons (Fsp3) is 0.452. The molecule has 1 aliphatic carbocycles. The zero-order chi connectivity index (χ0) is 31.1. The monoisotopic (exact) mass is 598 g/mol. The van der Waals surface area contributed by atoms with Gasteiger partial charge >= 0.3 is 0 Å². The van der Waals surface area contributed by atoms with E-state index in [1.807, 2.05) is 6.07 Å². The Morgan fingerprint density at radius 2 is 1.84 bits per heavy atom. The van der Waals surface area contributed by atoms with Gasteiger partial charge in [-0.2, -0.15) is 0 Å². The first-order valence-corrected chi connectivity index (χ1v) is 13.9. The van der Waals surface area contributed by atoms with Crippen molar-refractivity contribution in [1.82, 2.24) is 10.2 Å². The molecular weight excluding hydrogens is 560 g/mol. The van der Waals surface area contributed by atoms with Crippen LogP contribution in [0.1, 0.15) is 33.8 Å². The number of nitrogens with zero attached hydrogens (tertiary/aromatic N) is 1. The van der Waals surface area contributed by atoms with Gasteiger partial charge in [0.15, 0.2) is 11.5 Å². The second-order valence-corrected chi connectivity index (χ2v) is 10.2. The standard InChI is InChI=1S/C31H38N2O10/c1-39-12-8-26(36)33(10-7-19-15-20(40-2)5-6-24(19)41-3)23-16-22(31(38)32-9-11-34)27-21-13-18(17-35)14-25(42-4)29(21)43-30(27)28(23)37/h5-6,13-17,23,27-28,30,34,37H,7-12H2,1-4H3,(H,32,38). The second-order valence-electron chi connectivity index (χ2n) is 10.2. The molecule has 3 N–H and O–H groups in total. The lowest BCUT2D eigenvalue weighted by Crippen LogP contribution is -2.56. The maximum Gasteiger partial charge on any atom is 0.247 e. The van der Waals surface area contributed by atoms with Crippen molar-refractivity contribution in [3.63, 3.8) is 0 Å². The van der Waals surface area contributed by atoms with E-state index in [0.717, 1.165) is 5.56 Å². The minimum atomic E-state index is -1.25. The molecule has 0 fully saturated rings. The van der Waals surface area contributed by atoms with Crippen LogP contribution in [0.2, 0.25) is 0 Å². The number of aliphatic hydroxyl groups excluding tert-OH is 2. The van der Waals surface area contributed by atoms with Crippen LogP contribution in [0.4, 0.5) is 0 Å². The Labute approximate surface area is 250 Å². The van der Waals surface area contributed by atoms with Crippen molar-refractivity contribution in [2.24, 2.45) is 0 Å². The van der Waals surface area contributed by atoms with Crippen molar-refractivity contribution in [2.75, 3.05) is 54.7 Å². The summed E-state index contributed by atoms with van der Waals surface area (Å²) < 4.78 is 27.7. The summed E-state index contributed by atoms with van der Waals surface area (Å²) in [7, 11) is 6.04. The third-order valence-electron chi connectivity index (χ3n) is 7.72. The molecule has 2 amide bonds. The summed E-state index contributed by atoms with van der Waals surface area (Å²) in [5, 5.41) is 23.8. The van der Waals surface area contributed by atoms with E-state index in [1.54, 1.807) is 38.5 Å². The van der Waals surface area contributed by atoms with Crippen LogP contribution >= 0.6 is 0 Å². The van der Waals surface area contributed by atoms with E-state index < -0.39 is 30.1 Å². The van der Waals surface area contributed by atoms with Crippen LogP contribution in [0.5, 0.6) is 23.0 Å². The molecule has 0 saturated carbocycles. The van der Waals surface area contributed by atoms with E-state index in [9.17, 15) is 24.6 Å². The average molecular weight is 599 g/mol. The highest BCUT2D eigenvalue weighted by atomic mass is 16.5. The van der Waals surface area contributed by atoms with Gasteiger partial charge in [-0.15, -0.1) is 0 Å². The molecule has 2 aliphatic rings. The zero-order valence-corrected chi connectivity index (χ0v) is 24.7. The summed E-state index contributed by atoms with van der Waals surface area (Å²) in [6, 6.07) is 7.54. The highest BCUT2D eigenvalue weighted by Crippen LogP contribution is 2.51. The lowest BCUT2D eigenvalue weighted by molar-refractivity contribution is -0.138. The topological polar surface area (TPSA) is 153 Å². The molecule has 2 aromatic carbocycles. The number of methoxy groups -OCH3 is 4. The third kappa shape index (κ3) is 6.61. The number of aldehydes is 1. The van der Waals surface area contributed by atoms with Crippen LogP contribution in [-0.4, -0.2) is 106 Å². The van der Waals surface area contributed by atoms with Crippen molar-refractivity contribution in [1.29, 1.82) is 0 Å². The Morgan fingerprint density at radius 1 is 1.07 bits per heavy atom. The summed E-state index contributed by atoms with van der Waals surface area (Å²) in [6.07, 6.45) is 0.407. The van der Waals surface area contributed by atoms with Gasteiger partial charge in [0.25, 0.3) is 0 Å². The van der Waals surface area contributed by atoms with E-state index in [2.05, 4.69) is 5.32 Å². The Bertz CT molecular complexity index is 1360. The van der Waals surface area contributed by atoms with Crippen molar-refractivity contribution >= 4 is 18.1 Å². The molecule has 4 rings (SSSR count). The summed E-state index contributed by atoms with van der Waals surface area (Å²) in [5.74, 6) is 0.274. The molecule has 12 nitrogen and oxygen atoms in total. The van der Waals surface area contributed by atoms with Crippen LogP contribution in [0.15, 0.2) is 42.0 Å². The molecular formula is C31H38N2O10. The molecule has 1 heterocycles. The van der Waals surface area contributed by atoms with Crippen molar-refractivity contribution in [3.8, 4) is 23.0 Å². The van der Waals surface area contributed by atoms with Gasteiger partial charge in [-0.25, -0.2) is 0 Å². The lowest BCUT2D eigenvalue weighted by Gasteiger charge is -2.41. The molecule has 0 saturated heterocycles. The molecule has 0 aromatic heterocycles. The van der Waals surface area contributed by atoms with E-state index in [1.165, 1.54) is 25.2 Å². The van der Waals surface area contributed by atoms with Gasteiger partial charge in [0, 0.05) is 36.9 Å². The second kappa shape index (κ2) is 14.4. The van der Waals surface area contributed by atoms with Gasteiger partial charge in [-0.1, -0.05) is 0 Å². The fourth-order valence-corrected chi connectivity index (χ4v) is 5.65. The van der Waals surface area contributed by atoms with Gasteiger partial charge < -0.3 is 44.1 Å². The molecule has 43 heavy (non-hydrogen) atoms. The predicted molar refractivity (Wildman–Crippen MR) is 155 cm³/mol. The first kappa shape index (κ1) is 31.8. The van der Waals surface area contributed by atoms with Gasteiger partial charge in [-0.3, -0.25) is 14.4 Å². The minimum absolute atomic E-state index is 0.00168. The number of benzene rings is 2. The maximum absolute atomic E-state index is 13.6. The average Bonchev–Trinajstić information content (AvgIpc) is 3.42. The van der Waals surface area contributed by atoms with E-state index in [0.29, 0.717) is 41.1 Å².